The van der Waals surface area contributed by atoms with Crippen LogP contribution in [0, 0.1) is 31.5 Å². The molecule has 0 aliphatic carbocycles. The summed E-state index contributed by atoms with van der Waals surface area (Å²) in [6.07, 6.45) is 0.772. The number of benzene rings is 3. The summed E-state index contributed by atoms with van der Waals surface area (Å²) < 4.78 is 22.4. The molecule has 0 aliphatic heterocycles. The van der Waals surface area contributed by atoms with Gasteiger partial charge in [0.25, 0.3) is 0 Å². The van der Waals surface area contributed by atoms with Crippen molar-refractivity contribution in [1.29, 1.82) is 0 Å². The monoisotopic (exact) mass is 557 g/mol. The molecule has 0 unspecified atom stereocenters. The molecule has 0 saturated heterocycles. The molecule has 0 atom stereocenters. The molecule has 8 heteroatoms. The lowest BCUT2D eigenvalue weighted by molar-refractivity contribution is 0.0600. The first-order valence-electron chi connectivity index (χ1n) is 13.7. The van der Waals surface area contributed by atoms with Gasteiger partial charge in [-0.2, -0.15) is 5.10 Å². The van der Waals surface area contributed by atoms with Gasteiger partial charge in [0, 0.05) is 23.1 Å². The van der Waals surface area contributed by atoms with E-state index in [9.17, 15) is 9.18 Å². The van der Waals surface area contributed by atoms with Crippen LogP contribution in [-0.2, 0) is 17.7 Å². The summed E-state index contributed by atoms with van der Waals surface area (Å²) in [4.78, 5) is 22.3. The Bertz CT molecular complexity index is 2040. The first kappa shape index (κ1) is 26.9. The average Bonchev–Trinajstić information content (AvgIpc) is 3.54. The van der Waals surface area contributed by atoms with E-state index in [0.29, 0.717) is 29.1 Å². The van der Waals surface area contributed by atoms with E-state index in [1.54, 1.807) is 28.9 Å². The van der Waals surface area contributed by atoms with Crippen LogP contribution in [0.4, 0.5) is 4.39 Å². The lowest BCUT2D eigenvalue weighted by Crippen LogP contribution is -2.09. The van der Waals surface area contributed by atoms with Gasteiger partial charge in [0.1, 0.15) is 22.9 Å². The number of para-hydroxylation sites is 1. The molecule has 3 heterocycles. The van der Waals surface area contributed by atoms with Gasteiger partial charge in [-0.15, -0.1) is 0 Å². The fourth-order valence-corrected chi connectivity index (χ4v) is 5.20. The quantitative estimate of drug-likeness (QED) is 0.183. The molecule has 0 bridgehead atoms. The average molecular weight is 558 g/mol. The number of aryl methyl sites for hydroxylation is 3. The number of pyridine rings is 1. The maximum absolute atomic E-state index is 13.5. The molecular weight excluding hydrogens is 529 g/mol. The zero-order chi connectivity index (χ0) is 29.4. The van der Waals surface area contributed by atoms with Gasteiger partial charge in [-0.05, 0) is 85.5 Å². The number of esters is 1. The van der Waals surface area contributed by atoms with E-state index < -0.39 is 5.97 Å². The van der Waals surface area contributed by atoms with Crippen molar-refractivity contribution in [2.24, 2.45) is 0 Å². The molecule has 0 fully saturated rings. The molecule has 6 rings (SSSR count). The van der Waals surface area contributed by atoms with Crippen LogP contribution >= 0.6 is 0 Å². The number of carbonyl (C=O) groups is 1. The highest BCUT2D eigenvalue weighted by molar-refractivity contribution is 5.94. The molecule has 0 aliphatic rings. The molecule has 3 aromatic heterocycles. The third-order valence-electron chi connectivity index (χ3n) is 7.20. The molecule has 0 radical (unpaired) electrons. The second kappa shape index (κ2) is 10.9. The Morgan fingerprint density at radius 1 is 0.976 bits per heavy atom. The SMILES string of the molecule is CCc1nc2c(C)cc(C)nc2n1Cc1ccc2nn(-c3ccccc3C(=O)OC)c(C#Cc3ccc(F)cc3)c2c1. The largest absolute Gasteiger partial charge is 0.465 e. The molecule has 0 saturated carbocycles. The third-order valence-corrected chi connectivity index (χ3v) is 7.20. The Morgan fingerprint density at radius 2 is 1.76 bits per heavy atom. The van der Waals surface area contributed by atoms with Crippen LogP contribution in [0.25, 0.3) is 27.8 Å². The van der Waals surface area contributed by atoms with Crippen molar-refractivity contribution in [3.63, 3.8) is 0 Å². The van der Waals surface area contributed by atoms with Crippen molar-refractivity contribution < 1.29 is 13.9 Å². The Kier molecular flexibility index (Phi) is 7.01. The van der Waals surface area contributed by atoms with E-state index in [-0.39, 0.29) is 5.82 Å². The summed E-state index contributed by atoms with van der Waals surface area (Å²) in [6.45, 7) is 6.72. The van der Waals surface area contributed by atoms with Gasteiger partial charge in [0.15, 0.2) is 5.65 Å². The van der Waals surface area contributed by atoms with E-state index in [1.165, 1.54) is 19.2 Å². The minimum Gasteiger partial charge on any atom is -0.465 e. The van der Waals surface area contributed by atoms with E-state index in [2.05, 4.69) is 42.4 Å². The van der Waals surface area contributed by atoms with Crippen LogP contribution in [-0.4, -0.2) is 37.4 Å². The smallest absolute Gasteiger partial charge is 0.340 e. The summed E-state index contributed by atoms with van der Waals surface area (Å²) in [5, 5.41) is 5.67. The number of rotatable bonds is 5. The highest BCUT2D eigenvalue weighted by Gasteiger charge is 2.19. The number of methoxy groups -OCH3 is 1. The van der Waals surface area contributed by atoms with E-state index in [0.717, 1.165) is 51.1 Å². The number of nitrogens with zero attached hydrogens (tertiary/aromatic N) is 5. The number of hydrogen-bond acceptors (Lipinski definition) is 5. The van der Waals surface area contributed by atoms with Gasteiger partial charge < -0.3 is 9.30 Å². The molecule has 42 heavy (non-hydrogen) atoms. The number of carbonyl (C=O) groups excluding carboxylic acids is 1. The Labute approximate surface area is 242 Å². The molecule has 6 aromatic rings. The fourth-order valence-electron chi connectivity index (χ4n) is 5.20. The van der Waals surface area contributed by atoms with Crippen molar-refractivity contribution in [2.75, 3.05) is 7.11 Å². The van der Waals surface area contributed by atoms with Gasteiger partial charge in [-0.3, -0.25) is 0 Å². The molecule has 7 nitrogen and oxygen atoms in total. The summed E-state index contributed by atoms with van der Waals surface area (Å²) in [5.74, 6) is 6.56. The van der Waals surface area contributed by atoms with Crippen molar-refractivity contribution in [3.05, 3.63) is 118 Å². The predicted molar refractivity (Wildman–Crippen MR) is 160 cm³/mol. The van der Waals surface area contributed by atoms with Crippen LogP contribution in [0.2, 0.25) is 0 Å². The summed E-state index contributed by atoms with van der Waals surface area (Å²) in [6, 6.07) is 21.3. The maximum atomic E-state index is 13.5. The van der Waals surface area contributed by atoms with Crippen molar-refractivity contribution in [2.45, 2.75) is 33.7 Å². The summed E-state index contributed by atoms with van der Waals surface area (Å²) >= 11 is 0. The topological polar surface area (TPSA) is 74.8 Å². The Hall–Kier alpha value is -5.29. The van der Waals surface area contributed by atoms with Crippen LogP contribution < -0.4 is 0 Å². The van der Waals surface area contributed by atoms with Crippen LogP contribution in [0.15, 0.2) is 72.8 Å². The first-order valence-corrected chi connectivity index (χ1v) is 13.7. The van der Waals surface area contributed by atoms with Crippen LogP contribution in [0.5, 0.6) is 0 Å². The number of fused-ring (bicyclic) bond motifs is 2. The van der Waals surface area contributed by atoms with Crippen LogP contribution in [0.3, 0.4) is 0 Å². The molecule has 208 valence electrons. The molecular formula is C34H28FN5O2. The van der Waals surface area contributed by atoms with Crippen molar-refractivity contribution in [3.8, 4) is 17.5 Å². The van der Waals surface area contributed by atoms with Crippen LogP contribution in [0.1, 0.15) is 51.2 Å². The number of hydrogen-bond donors (Lipinski definition) is 0. The van der Waals surface area contributed by atoms with Crippen molar-refractivity contribution in [1.82, 2.24) is 24.3 Å². The highest BCUT2D eigenvalue weighted by Crippen LogP contribution is 2.27. The van der Waals surface area contributed by atoms with Gasteiger partial charge >= 0.3 is 5.97 Å². The molecule has 3 aromatic carbocycles. The lowest BCUT2D eigenvalue weighted by atomic mass is 10.1. The Balaban J connectivity index is 1.53. The Morgan fingerprint density at radius 3 is 2.52 bits per heavy atom. The van der Waals surface area contributed by atoms with E-state index in [4.69, 9.17) is 19.8 Å². The first-order chi connectivity index (χ1) is 20.4. The van der Waals surface area contributed by atoms with Gasteiger partial charge in [0.2, 0.25) is 0 Å². The normalized spacial score (nSPS) is 11.1. The van der Waals surface area contributed by atoms with Crippen molar-refractivity contribution >= 4 is 28.0 Å². The van der Waals surface area contributed by atoms with Gasteiger partial charge in [0.05, 0.1) is 30.4 Å². The third kappa shape index (κ3) is 4.90. The zero-order valence-corrected chi connectivity index (χ0v) is 23.8. The molecule has 0 N–H and O–H groups in total. The van der Waals surface area contributed by atoms with E-state index in [1.807, 2.05) is 31.2 Å². The number of halogens is 1. The van der Waals surface area contributed by atoms with Gasteiger partial charge in [-0.1, -0.05) is 31.0 Å². The highest BCUT2D eigenvalue weighted by atomic mass is 19.1. The fraction of sp³-hybridized carbons (Fsp3) is 0.176. The maximum Gasteiger partial charge on any atom is 0.340 e. The molecule has 0 amide bonds. The van der Waals surface area contributed by atoms with Gasteiger partial charge in [-0.25, -0.2) is 23.8 Å². The minimum absolute atomic E-state index is 0.328. The summed E-state index contributed by atoms with van der Waals surface area (Å²) in [5.41, 5.74) is 7.75. The molecule has 0 spiro atoms. The number of ether oxygens (including phenoxy) is 1. The second-order valence-corrected chi connectivity index (χ2v) is 10.1. The van der Waals surface area contributed by atoms with E-state index >= 15 is 0 Å². The lowest BCUT2D eigenvalue weighted by Gasteiger charge is -2.09. The predicted octanol–water partition coefficient (Wildman–Crippen LogP) is 6.32. The number of aromatic nitrogens is 5. The summed E-state index contributed by atoms with van der Waals surface area (Å²) in [7, 11) is 1.35. The standard InChI is InChI=1S/C34H28FN5O2/c1-5-31-37-32-21(2)18-22(3)36-33(32)39(31)20-24-12-16-28-27(19-24)30(17-13-23-10-14-25(35)15-11-23)40(38-28)29-9-7-6-8-26(29)34(41)42-4/h6-12,14-16,18-19H,5,20H2,1-4H3. The minimum atomic E-state index is -0.472. The second-order valence-electron chi connectivity index (χ2n) is 10.1. The number of imidazole rings is 1. The zero-order valence-electron chi connectivity index (χ0n) is 23.8.